The van der Waals surface area contributed by atoms with Gasteiger partial charge in [0.2, 0.25) is 0 Å². The van der Waals surface area contributed by atoms with Crippen molar-refractivity contribution in [2.45, 2.75) is 31.1 Å². The Hall–Kier alpha value is -3.88. The van der Waals surface area contributed by atoms with Crippen LogP contribution in [0.15, 0.2) is 42.5 Å². The summed E-state index contributed by atoms with van der Waals surface area (Å²) in [6.45, 7) is 0. The Balaban J connectivity index is 1.30. The molecule has 2 bridgehead atoms. The number of nitro groups is 1. The monoisotopic (exact) mass is 403 g/mol. The number of carbonyl (C=O) groups is 2. The van der Waals surface area contributed by atoms with Crippen molar-refractivity contribution in [2.75, 3.05) is 0 Å². The lowest BCUT2D eigenvalue weighted by Crippen LogP contribution is -2.41. The molecule has 1 heterocycles. The second-order valence-electron chi connectivity index (χ2n) is 7.62. The minimum atomic E-state index is -0.576. The fraction of sp³-hybridized carbons (Fsp3) is 0.238. The first kappa shape index (κ1) is 18.2. The van der Waals surface area contributed by atoms with Crippen LogP contribution in [0.2, 0.25) is 0 Å². The minimum absolute atomic E-state index is 0.118. The molecule has 0 aliphatic heterocycles. The van der Waals surface area contributed by atoms with Crippen LogP contribution in [0.3, 0.4) is 0 Å². The van der Waals surface area contributed by atoms with E-state index in [1.807, 2.05) is 0 Å². The predicted octanol–water partition coefficient (Wildman–Crippen LogP) is 2.98. The van der Waals surface area contributed by atoms with Crippen LogP contribution in [-0.2, 0) is 0 Å². The lowest BCUT2D eigenvalue weighted by Gasteiger charge is -2.14. The fourth-order valence-corrected chi connectivity index (χ4v) is 4.29. The van der Waals surface area contributed by atoms with Gasteiger partial charge < -0.3 is 0 Å². The average molecular weight is 403 g/mol. The molecule has 1 aromatic heterocycles. The van der Waals surface area contributed by atoms with Crippen molar-refractivity contribution in [3.63, 3.8) is 0 Å². The SMILES string of the molecule is O=C(NNC(=O)c1ccc2nc3c(nc2c1)C1CCC3C1)c1ccc([N+](=O)[O-])cc1. The molecule has 0 saturated heterocycles. The topological polar surface area (TPSA) is 127 Å². The number of rotatable bonds is 3. The first-order valence-corrected chi connectivity index (χ1v) is 9.66. The van der Waals surface area contributed by atoms with Gasteiger partial charge in [-0.1, -0.05) is 0 Å². The first-order valence-electron chi connectivity index (χ1n) is 9.66. The molecule has 1 saturated carbocycles. The third kappa shape index (κ3) is 3.04. The van der Waals surface area contributed by atoms with Crippen molar-refractivity contribution in [3.8, 4) is 0 Å². The molecule has 0 radical (unpaired) electrons. The van der Waals surface area contributed by atoms with Crippen molar-refractivity contribution in [1.29, 1.82) is 0 Å². The molecule has 2 aromatic carbocycles. The summed E-state index contributed by atoms with van der Waals surface area (Å²) in [7, 11) is 0. The van der Waals surface area contributed by atoms with Crippen LogP contribution in [0.5, 0.6) is 0 Å². The van der Waals surface area contributed by atoms with Crippen molar-refractivity contribution in [1.82, 2.24) is 20.8 Å². The van der Waals surface area contributed by atoms with E-state index in [0.29, 0.717) is 22.9 Å². The smallest absolute Gasteiger partial charge is 0.267 e. The number of fused-ring (bicyclic) bond motifs is 6. The summed E-state index contributed by atoms with van der Waals surface area (Å²) in [4.78, 5) is 44.3. The molecule has 150 valence electrons. The summed E-state index contributed by atoms with van der Waals surface area (Å²) < 4.78 is 0. The summed E-state index contributed by atoms with van der Waals surface area (Å²) in [5.41, 5.74) is 8.68. The van der Waals surface area contributed by atoms with Gasteiger partial charge in [0.15, 0.2) is 0 Å². The minimum Gasteiger partial charge on any atom is -0.267 e. The first-order chi connectivity index (χ1) is 14.5. The van der Waals surface area contributed by atoms with Gasteiger partial charge in [0.1, 0.15) is 0 Å². The van der Waals surface area contributed by atoms with E-state index in [-0.39, 0.29) is 11.3 Å². The zero-order chi connectivity index (χ0) is 20.8. The zero-order valence-electron chi connectivity index (χ0n) is 15.8. The van der Waals surface area contributed by atoms with Gasteiger partial charge in [-0.15, -0.1) is 0 Å². The summed E-state index contributed by atoms with van der Waals surface area (Å²) in [5, 5.41) is 10.7. The largest absolute Gasteiger partial charge is 0.269 e. The number of hydrogen-bond acceptors (Lipinski definition) is 6. The van der Waals surface area contributed by atoms with E-state index in [1.54, 1.807) is 18.2 Å². The number of hydrogen-bond donors (Lipinski definition) is 2. The van der Waals surface area contributed by atoms with Crippen LogP contribution in [-0.4, -0.2) is 26.7 Å². The Morgan fingerprint density at radius 2 is 1.43 bits per heavy atom. The molecule has 0 spiro atoms. The Morgan fingerprint density at radius 1 is 0.867 bits per heavy atom. The lowest BCUT2D eigenvalue weighted by atomic mass is 10.00. The molecule has 2 N–H and O–H groups in total. The highest BCUT2D eigenvalue weighted by molar-refractivity contribution is 6.00. The maximum Gasteiger partial charge on any atom is 0.269 e. The molecule has 3 aromatic rings. The number of nitrogens with one attached hydrogen (secondary N) is 2. The average Bonchev–Trinajstić information content (AvgIpc) is 3.38. The van der Waals surface area contributed by atoms with Crippen LogP contribution >= 0.6 is 0 Å². The van der Waals surface area contributed by atoms with Crippen molar-refractivity contribution >= 4 is 28.5 Å². The highest BCUT2D eigenvalue weighted by atomic mass is 16.6. The van der Waals surface area contributed by atoms with E-state index >= 15 is 0 Å². The second kappa shape index (κ2) is 6.87. The van der Waals surface area contributed by atoms with Gasteiger partial charge in [-0.2, -0.15) is 0 Å². The number of nitro benzene ring substituents is 1. The van der Waals surface area contributed by atoms with Crippen LogP contribution in [0, 0.1) is 10.1 Å². The van der Waals surface area contributed by atoms with Gasteiger partial charge in [0.25, 0.3) is 17.5 Å². The second-order valence-corrected chi connectivity index (χ2v) is 7.62. The number of carbonyl (C=O) groups excluding carboxylic acids is 2. The standard InChI is InChI=1S/C21H17N5O4/c27-20(11-3-6-15(7-4-11)26(29)30)24-25-21(28)14-5-8-16-17(10-14)23-19-13-2-1-12(9-13)18(19)22-16/h3-8,10,12-13H,1-2,9H2,(H,24,27)(H,25,28). The highest BCUT2D eigenvalue weighted by Crippen LogP contribution is 2.51. The van der Waals surface area contributed by atoms with Crippen LogP contribution < -0.4 is 10.9 Å². The van der Waals surface area contributed by atoms with E-state index in [4.69, 9.17) is 9.97 Å². The van der Waals surface area contributed by atoms with Gasteiger partial charge in [0, 0.05) is 35.1 Å². The normalized spacial score (nSPS) is 18.8. The van der Waals surface area contributed by atoms with E-state index < -0.39 is 16.7 Å². The molecule has 2 aliphatic rings. The molecule has 2 aliphatic carbocycles. The number of amides is 2. The molecule has 1 fully saturated rings. The molecular weight excluding hydrogens is 386 g/mol. The predicted molar refractivity (Wildman–Crippen MR) is 107 cm³/mol. The molecule has 9 nitrogen and oxygen atoms in total. The number of hydrazine groups is 1. The fourth-order valence-electron chi connectivity index (χ4n) is 4.29. The summed E-state index contributed by atoms with van der Waals surface area (Å²) >= 11 is 0. The van der Waals surface area contributed by atoms with E-state index in [1.165, 1.54) is 30.7 Å². The van der Waals surface area contributed by atoms with Gasteiger partial charge >= 0.3 is 0 Å². The number of aromatic nitrogens is 2. The number of non-ortho nitro benzene ring substituents is 1. The van der Waals surface area contributed by atoms with Crippen molar-refractivity contribution in [3.05, 3.63) is 75.1 Å². The van der Waals surface area contributed by atoms with Crippen LogP contribution in [0.4, 0.5) is 5.69 Å². The van der Waals surface area contributed by atoms with Gasteiger partial charge in [-0.25, -0.2) is 9.97 Å². The number of nitrogens with zero attached hydrogens (tertiary/aromatic N) is 3. The molecule has 9 heteroatoms. The molecule has 2 atom stereocenters. The maximum absolute atomic E-state index is 12.5. The van der Waals surface area contributed by atoms with Gasteiger partial charge in [0.05, 0.1) is 27.3 Å². The lowest BCUT2D eigenvalue weighted by molar-refractivity contribution is -0.384. The summed E-state index contributed by atoms with van der Waals surface area (Å²) in [5.74, 6) is -0.0801. The van der Waals surface area contributed by atoms with E-state index in [0.717, 1.165) is 29.7 Å². The maximum atomic E-state index is 12.5. The third-order valence-electron chi connectivity index (χ3n) is 5.82. The Labute approximate surface area is 170 Å². The van der Waals surface area contributed by atoms with Crippen LogP contribution in [0.25, 0.3) is 11.0 Å². The van der Waals surface area contributed by atoms with E-state index in [9.17, 15) is 19.7 Å². The molecule has 5 rings (SSSR count). The number of benzene rings is 2. The highest BCUT2D eigenvalue weighted by Gasteiger charge is 2.39. The van der Waals surface area contributed by atoms with Crippen molar-refractivity contribution < 1.29 is 14.5 Å². The van der Waals surface area contributed by atoms with Gasteiger partial charge in [-0.05, 0) is 49.6 Å². The Kier molecular flexibility index (Phi) is 4.16. The van der Waals surface area contributed by atoms with Crippen LogP contribution in [0.1, 0.15) is 63.2 Å². The van der Waals surface area contributed by atoms with Gasteiger partial charge in [-0.3, -0.25) is 30.6 Å². The molecule has 2 unspecified atom stereocenters. The van der Waals surface area contributed by atoms with E-state index in [2.05, 4.69) is 10.9 Å². The summed E-state index contributed by atoms with van der Waals surface area (Å²) in [6.07, 6.45) is 3.44. The Morgan fingerprint density at radius 3 is 2.07 bits per heavy atom. The molecular formula is C21H17N5O4. The molecule has 2 amide bonds. The third-order valence-corrected chi connectivity index (χ3v) is 5.82. The summed E-state index contributed by atoms with van der Waals surface area (Å²) in [6, 6.07) is 10.2. The Bertz CT molecular complexity index is 1210. The van der Waals surface area contributed by atoms with Crippen molar-refractivity contribution in [2.24, 2.45) is 0 Å². The zero-order valence-corrected chi connectivity index (χ0v) is 15.8. The quantitative estimate of drug-likeness (QED) is 0.511. The molecule has 30 heavy (non-hydrogen) atoms.